The predicted octanol–water partition coefficient (Wildman–Crippen LogP) is 3.29. The summed E-state index contributed by atoms with van der Waals surface area (Å²) in [7, 11) is 0. The minimum atomic E-state index is 0.0237. The van der Waals surface area contributed by atoms with Crippen LogP contribution in [0.2, 0.25) is 0 Å². The molecule has 5 heteroatoms. The van der Waals surface area contributed by atoms with E-state index in [2.05, 4.69) is 33.6 Å². The van der Waals surface area contributed by atoms with E-state index in [0.29, 0.717) is 13.0 Å². The Morgan fingerprint density at radius 2 is 1.83 bits per heavy atom. The van der Waals surface area contributed by atoms with E-state index < -0.39 is 0 Å². The Labute approximate surface area is 141 Å². The van der Waals surface area contributed by atoms with Gasteiger partial charge in [-0.15, -0.1) is 0 Å². The monoisotopic (exact) mass is 320 g/mol. The van der Waals surface area contributed by atoms with Gasteiger partial charge in [0.2, 0.25) is 5.91 Å². The quantitative estimate of drug-likeness (QED) is 0.727. The van der Waals surface area contributed by atoms with Crippen molar-refractivity contribution in [3.63, 3.8) is 0 Å². The number of hydrogen-bond acceptors (Lipinski definition) is 3. The van der Waals surface area contributed by atoms with Gasteiger partial charge in [-0.25, -0.2) is 4.98 Å². The zero-order chi connectivity index (χ0) is 16.6. The first-order valence-corrected chi connectivity index (χ1v) is 8.05. The molecule has 0 fully saturated rings. The number of nitrogens with one attached hydrogen (secondary N) is 1. The van der Waals surface area contributed by atoms with Crippen LogP contribution in [0.15, 0.2) is 67.3 Å². The maximum atomic E-state index is 12.2. The standard InChI is InChI=1S/C19H20N4O/c24-19(11-6-12-23-15-20-14-21-23)22-18-10-5-4-9-17(18)13-16-7-2-1-3-8-16/h1-5,7-10,14-15H,6,11-13H2,(H,22,24). The SMILES string of the molecule is O=C(CCCn1cncn1)Nc1ccccc1Cc1ccccc1. The van der Waals surface area contributed by atoms with Crippen LogP contribution in [0.1, 0.15) is 24.0 Å². The van der Waals surface area contributed by atoms with Gasteiger partial charge < -0.3 is 5.32 Å². The Morgan fingerprint density at radius 1 is 1.04 bits per heavy atom. The molecule has 0 unspecified atom stereocenters. The fourth-order valence-corrected chi connectivity index (χ4v) is 2.57. The van der Waals surface area contributed by atoms with Gasteiger partial charge in [0.15, 0.2) is 0 Å². The number of aromatic nitrogens is 3. The number of nitrogens with zero attached hydrogens (tertiary/aromatic N) is 3. The van der Waals surface area contributed by atoms with Crippen molar-refractivity contribution in [1.82, 2.24) is 14.8 Å². The molecule has 0 atom stereocenters. The Hall–Kier alpha value is -2.95. The fraction of sp³-hybridized carbons (Fsp3) is 0.211. The third kappa shape index (κ3) is 4.52. The molecule has 1 aromatic heterocycles. The second-order valence-electron chi connectivity index (χ2n) is 5.63. The topological polar surface area (TPSA) is 59.8 Å². The molecule has 5 nitrogen and oxygen atoms in total. The predicted molar refractivity (Wildman–Crippen MR) is 93.6 cm³/mol. The van der Waals surface area contributed by atoms with E-state index in [1.807, 2.05) is 36.4 Å². The molecule has 1 heterocycles. The maximum Gasteiger partial charge on any atom is 0.224 e. The molecule has 0 saturated heterocycles. The highest BCUT2D eigenvalue weighted by atomic mass is 16.1. The molecule has 2 aromatic carbocycles. The number of benzene rings is 2. The number of anilines is 1. The molecule has 0 aliphatic carbocycles. The first kappa shape index (κ1) is 15.9. The van der Waals surface area contributed by atoms with E-state index in [-0.39, 0.29) is 5.91 Å². The lowest BCUT2D eigenvalue weighted by atomic mass is 10.0. The Kier molecular flexibility index (Phi) is 5.35. The van der Waals surface area contributed by atoms with Crippen LogP contribution in [0.3, 0.4) is 0 Å². The zero-order valence-electron chi connectivity index (χ0n) is 13.4. The van der Waals surface area contributed by atoms with Gasteiger partial charge in [-0.05, 0) is 30.0 Å². The van der Waals surface area contributed by atoms with E-state index >= 15 is 0 Å². The van der Waals surface area contributed by atoms with Crippen LogP contribution in [-0.4, -0.2) is 20.7 Å². The van der Waals surface area contributed by atoms with Crippen LogP contribution >= 0.6 is 0 Å². The second kappa shape index (κ2) is 8.06. The number of hydrogen-bond donors (Lipinski definition) is 1. The molecule has 122 valence electrons. The van der Waals surface area contributed by atoms with Crippen LogP contribution < -0.4 is 5.32 Å². The van der Waals surface area contributed by atoms with Crippen LogP contribution in [0, 0.1) is 0 Å². The molecular formula is C19H20N4O. The van der Waals surface area contributed by atoms with Crippen LogP contribution in [0.4, 0.5) is 5.69 Å². The molecule has 1 N–H and O–H groups in total. The van der Waals surface area contributed by atoms with E-state index in [4.69, 9.17) is 0 Å². The summed E-state index contributed by atoms with van der Waals surface area (Å²) < 4.78 is 1.73. The lowest BCUT2D eigenvalue weighted by Crippen LogP contribution is -2.14. The van der Waals surface area contributed by atoms with Crippen molar-refractivity contribution in [2.75, 3.05) is 5.32 Å². The number of aryl methyl sites for hydroxylation is 1. The van der Waals surface area contributed by atoms with E-state index in [1.54, 1.807) is 11.0 Å². The normalized spacial score (nSPS) is 10.5. The minimum Gasteiger partial charge on any atom is -0.326 e. The Morgan fingerprint density at radius 3 is 2.62 bits per heavy atom. The van der Waals surface area contributed by atoms with Gasteiger partial charge in [-0.1, -0.05) is 48.5 Å². The lowest BCUT2D eigenvalue weighted by Gasteiger charge is -2.11. The highest BCUT2D eigenvalue weighted by Gasteiger charge is 2.07. The summed E-state index contributed by atoms with van der Waals surface area (Å²) in [6.45, 7) is 0.694. The molecule has 0 radical (unpaired) electrons. The van der Waals surface area contributed by atoms with Crippen molar-refractivity contribution in [1.29, 1.82) is 0 Å². The molecule has 0 aliphatic rings. The van der Waals surface area contributed by atoms with Crippen molar-refractivity contribution in [3.05, 3.63) is 78.4 Å². The number of carbonyl (C=O) groups is 1. The van der Waals surface area contributed by atoms with Crippen LogP contribution in [0.5, 0.6) is 0 Å². The summed E-state index contributed by atoms with van der Waals surface area (Å²) in [5.41, 5.74) is 3.23. The summed E-state index contributed by atoms with van der Waals surface area (Å²) >= 11 is 0. The zero-order valence-corrected chi connectivity index (χ0v) is 13.4. The van der Waals surface area contributed by atoms with Crippen molar-refractivity contribution >= 4 is 11.6 Å². The van der Waals surface area contributed by atoms with E-state index in [9.17, 15) is 4.79 Å². The molecule has 3 aromatic rings. The summed E-state index contributed by atoms with van der Waals surface area (Å²) in [6, 6.07) is 18.2. The van der Waals surface area contributed by atoms with Crippen LogP contribution in [0.25, 0.3) is 0 Å². The maximum absolute atomic E-state index is 12.2. The van der Waals surface area contributed by atoms with Crippen molar-refractivity contribution < 1.29 is 4.79 Å². The first-order valence-electron chi connectivity index (χ1n) is 8.05. The molecule has 1 amide bonds. The van der Waals surface area contributed by atoms with Gasteiger partial charge in [0.25, 0.3) is 0 Å². The third-order valence-electron chi connectivity index (χ3n) is 3.79. The van der Waals surface area contributed by atoms with E-state index in [1.165, 1.54) is 11.9 Å². The fourth-order valence-electron chi connectivity index (χ4n) is 2.57. The largest absolute Gasteiger partial charge is 0.326 e. The van der Waals surface area contributed by atoms with Crippen LogP contribution in [-0.2, 0) is 17.8 Å². The van der Waals surface area contributed by atoms with E-state index in [0.717, 1.165) is 24.1 Å². The molecule has 24 heavy (non-hydrogen) atoms. The van der Waals surface area contributed by atoms with Gasteiger partial charge in [-0.3, -0.25) is 9.48 Å². The molecule has 0 saturated carbocycles. The second-order valence-corrected chi connectivity index (χ2v) is 5.63. The summed E-state index contributed by atoms with van der Waals surface area (Å²) in [5, 5.41) is 7.06. The van der Waals surface area contributed by atoms with Gasteiger partial charge in [-0.2, -0.15) is 5.10 Å². The Bertz CT molecular complexity index is 769. The molecular weight excluding hydrogens is 300 g/mol. The number of rotatable bonds is 7. The average molecular weight is 320 g/mol. The third-order valence-corrected chi connectivity index (χ3v) is 3.79. The van der Waals surface area contributed by atoms with Gasteiger partial charge >= 0.3 is 0 Å². The molecule has 0 bridgehead atoms. The molecule has 0 spiro atoms. The number of carbonyl (C=O) groups excluding carboxylic acids is 1. The number of para-hydroxylation sites is 1. The van der Waals surface area contributed by atoms with Gasteiger partial charge in [0.05, 0.1) is 0 Å². The van der Waals surface area contributed by atoms with Gasteiger partial charge in [0.1, 0.15) is 12.7 Å². The smallest absolute Gasteiger partial charge is 0.224 e. The van der Waals surface area contributed by atoms with Gasteiger partial charge in [0, 0.05) is 18.7 Å². The highest BCUT2D eigenvalue weighted by molar-refractivity contribution is 5.91. The number of amides is 1. The highest BCUT2D eigenvalue weighted by Crippen LogP contribution is 2.19. The lowest BCUT2D eigenvalue weighted by molar-refractivity contribution is -0.116. The average Bonchev–Trinajstić information content (AvgIpc) is 3.11. The molecule has 0 aliphatic heterocycles. The van der Waals surface area contributed by atoms with Crippen molar-refractivity contribution in [2.45, 2.75) is 25.8 Å². The summed E-state index contributed by atoms with van der Waals surface area (Å²) in [4.78, 5) is 16.1. The first-order chi connectivity index (χ1) is 11.8. The summed E-state index contributed by atoms with van der Waals surface area (Å²) in [5.74, 6) is 0.0237. The minimum absolute atomic E-state index is 0.0237. The van der Waals surface area contributed by atoms with Crippen molar-refractivity contribution in [2.24, 2.45) is 0 Å². The summed E-state index contributed by atoms with van der Waals surface area (Å²) in [6.07, 6.45) is 5.15. The molecule has 3 rings (SSSR count). The Balaban J connectivity index is 1.57. The van der Waals surface area contributed by atoms with Crippen molar-refractivity contribution in [3.8, 4) is 0 Å².